The van der Waals surface area contributed by atoms with Crippen molar-refractivity contribution in [2.24, 2.45) is 5.73 Å². The van der Waals surface area contributed by atoms with Crippen LogP contribution in [-0.2, 0) is 0 Å². The lowest BCUT2D eigenvalue weighted by molar-refractivity contribution is 0.526. The van der Waals surface area contributed by atoms with E-state index in [0.29, 0.717) is 12.6 Å². The lowest BCUT2D eigenvalue weighted by Gasteiger charge is -2.06. The minimum atomic E-state index is 0.333. The minimum absolute atomic E-state index is 0.333. The van der Waals surface area contributed by atoms with Gasteiger partial charge in [0.15, 0.2) is 5.82 Å². The van der Waals surface area contributed by atoms with Crippen molar-refractivity contribution in [3.05, 3.63) is 17.7 Å². The minimum Gasteiger partial charge on any atom is -0.327 e. The normalized spacial score (nSPS) is 12.5. The van der Waals surface area contributed by atoms with E-state index in [1.54, 1.807) is 6.33 Å². The first-order valence-electron chi connectivity index (χ1n) is 4.42. The summed E-state index contributed by atoms with van der Waals surface area (Å²) in [7, 11) is 0. The van der Waals surface area contributed by atoms with Crippen molar-refractivity contribution < 1.29 is 0 Å². The molecule has 0 saturated carbocycles. The van der Waals surface area contributed by atoms with Gasteiger partial charge in [-0.15, -0.1) is 0 Å². The monoisotopic (exact) mass is 180 g/mol. The second-order valence-electron chi connectivity index (χ2n) is 3.35. The Bertz CT molecular complexity index is 298. The first kappa shape index (κ1) is 9.92. The van der Waals surface area contributed by atoms with Crippen LogP contribution in [0.4, 0.5) is 0 Å². The van der Waals surface area contributed by atoms with E-state index in [-0.39, 0.29) is 0 Å². The third-order valence-corrected chi connectivity index (χ3v) is 1.79. The topological polar surface area (TPSA) is 56.7 Å². The zero-order valence-electron chi connectivity index (χ0n) is 8.36. The first-order valence-corrected chi connectivity index (χ1v) is 4.42. The van der Waals surface area contributed by atoms with Gasteiger partial charge in [0.1, 0.15) is 6.33 Å². The van der Waals surface area contributed by atoms with Crippen LogP contribution in [0, 0.1) is 0 Å². The summed E-state index contributed by atoms with van der Waals surface area (Å²) in [6, 6.07) is 0.333. The molecule has 0 aromatic carbocycles. The Balaban J connectivity index is 2.94. The lowest BCUT2D eigenvalue weighted by atomic mass is 10.3. The van der Waals surface area contributed by atoms with Gasteiger partial charge in [-0.2, -0.15) is 5.10 Å². The maximum atomic E-state index is 5.49. The molecule has 0 aliphatic rings. The molecule has 4 nitrogen and oxygen atoms in total. The number of hydrogen-bond donors (Lipinski definition) is 1. The first-order chi connectivity index (χ1) is 6.15. The van der Waals surface area contributed by atoms with Gasteiger partial charge in [0.2, 0.25) is 0 Å². The van der Waals surface area contributed by atoms with Gasteiger partial charge in [-0.1, -0.05) is 5.57 Å². The van der Waals surface area contributed by atoms with Gasteiger partial charge in [-0.25, -0.2) is 9.67 Å². The van der Waals surface area contributed by atoms with Gasteiger partial charge >= 0.3 is 0 Å². The largest absolute Gasteiger partial charge is 0.327 e. The Kier molecular flexibility index (Phi) is 3.19. The highest BCUT2D eigenvalue weighted by molar-refractivity contribution is 5.44. The molecule has 0 unspecified atom stereocenters. The SMILES string of the molecule is C/C(=C/c1ncnn1C(C)C)CN. The Morgan fingerprint density at radius 1 is 1.69 bits per heavy atom. The molecule has 4 heteroatoms. The van der Waals surface area contributed by atoms with Crippen LogP contribution < -0.4 is 5.73 Å². The zero-order chi connectivity index (χ0) is 9.84. The highest BCUT2D eigenvalue weighted by Crippen LogP contribution is 2.08. The molecule has 0 aliphatic heterocycles. The van der Waals surface area contributed by atoms with Crippen molar-refractivity contribution in [2.45, 2.75) is 26.8 Å². The number of hydrogen-bond acceptors (Lipinski definition) is 3. The van der Waals surface area contributed by atoms with Gasteiger partial charge in [0.05, 0.1) is 0 Å². The van der Waals surface area contributed by atoms with E-state index >= 15 is 0 Å². The lowest BCUT2D eigenvalue weighted by Crippen LogP contribution is -2.06. The molecule has 0 radical (unpaired) electrons. The van der Waals surface area contributed by atoms with Crippen LogP contribution in [0.2, 0.25) is 0 Å². The van der Waals surface area contributed by atoms with E-state index in [1.165, 1.54) is 0 Å². The highest BCUT2D eigenvalue weighted by Gasteiger charge is 2.04. The third kappa shape index (κ3) is 2.39. The van der Waals surface area contributed by atoms with E-state index in [0.717, 1.165) is 11.4 Å². The molecule has 0 spiro atoms. The summed E-state index contributed by atoms with van der Waals surface area (Å²) >= 11 is 0. The molecule has 1 aromatic heterocycles. The van der Waals surface area contributed by atoms with E-state index < -0.39 is 0 Å². The fraction of sp³-hybridized carbons (Fsp3) is 0.556. The Morgan fingerprint density at radius 3 is 2.92 bits per heavy atom. The van der Waals surface area contributed by atoms with Gasteiger partial charge in [0.25, 0.3) is 0 Å². The Hall–Kier alpha value is -1.16. The quantitative estimate of drug-likeness (QED) is 0.761. The maximum absolute atomic E-state index is 5.49. The molecule has 0 aliphatic carbocycles. The number of nitrogens with zero attached hydrogens (tertiary/aromatic N) is 3. The maximum Gasteiger partial charge on any atom is 0.150 e. The van der Waals surface area contributed by atoms with Crippen molar-refractivity contribution in [1.82, 2.24) is 14.8 Å². The molecular formula is C9H16N4. The van der Waals surface area contributed by atoms with Crippen LogP contribution in [0.25, 0.3) is 6.08 Å². The molecule has 13 heavy (non-hydrogen) atoms. The molecule has 0 amide bonds. The molecular weight excluding hydrogens is 164 g/mol. The van der Waals surface area contributed by atoms with Crippen molar-refractivity contribution in [1.29, 1.82) is 0 Å². The van der Waals surface area contributed by atoms with Gasteiger partial charge in [0, 0.05) is 12.6 Å². The summed E-state index contributed by atoms with van der Waals surface area (Å²) in [6.45, 7) is 6.69. The van der Waals surface area contributed by atoms with Crippen molar-refractivity contribution >= 4 is 6.08 Å². The number of rotatable bonds is 3. The molecule has 1 rings (SSSR count). The van der Waals surface area contributed by atoms with Crippen molar-refractivity contribution in [2.75, 3.05) is 6.54 Å². The van der Waals surface area contributed by atoms with E-state index in [1.807, 2.05) is 17.7 Å². The molecule has 1 heterocycles. The van der Waals surface area contributed by atoms with Crippen LogP contribution in [0.5, 0.6) is 0 Å². The summed E-state index contributed by atoms with van der Waals surface area (Å²) in [5.74, 6) is 0.873. The standard InChI is InChI=1S/C9H16N4/c1-7(2)13-9(11-6-12-13)4-8(3)5-10/h4,6-7H,5,10H2,1-3H3/b8-4-. The molecule has 1 aromatic rings. The Labute approximate surface area is 78.5 Å². The van der Waals surface area contributed by atoms with Crippen LogP contribution in [-0.4, -0.2) is 21.3 Å². The van der Waals surface area contributed by atoms with Gasteiger partial charge in [-0.3, -0.25) is 0 Å². The van der Waals surface area contributed by atoms with E-state index in [2.05, 4.69) is 23.9 Å². The molecule has 2 N–H and O–H groups in total. The second-order valence-corrected chi connectivity index (χ2v) is 3.35. The molecule has 0 fully saturated rings. The van der Waals surface area contributed by atoms with Crippen LogP contribution in [0.1, 0.15) is 32.6 Å². The fourth-order valence-electron chi connectivity index (χ4n) is 1.04. The number of aromatic nitrogens is 3. The van der Waals surface area contributed by atoms with Crippen molar-refractivity contribution in [3.8, 4) is 0 Å². The van der Waals surface area contributed by atoms with E-state index in [9.17, 15) is 0 Å². The second kappa shape index (κ2) is 4.18. The summed E-state index contributed by atoms with van der Waals surface area (Å²) in [4.78, 5) is 4.15. The molecule has 0 saturated heterocycles. The van der Waals surface area contributed by atoms with Gasteiger partial charge in [-0.05, 0) is 26.8 Å². The molecule has 0 bridgehead atoms. The average Bonchev–Trinajstić information content (AvgIpc) is 2.52. The van der Waals surface area contributed by atoms with Crippen molar-refractivity contribution in [3.63, 3.8) is 0 Å². The van der Waals surface area contributed by atoms with Gasteiger partial charge < -0.3 is 5.73 Å². The summed E-state index contributed by atoms with van der Waals surface area (Å²) in [6.07, 6.45) is 3.53. The zero-order valence-corrected chi connectivity index (χ0v) is 8.36. The summed E-state index contributed by atoms with van der Waals surface area (Å²) in [5, 5.41) is 4.12. The molecule has 0 atom stereocenters. The summed E-state index contributed by atoms with van der Waals surface area (Å²) in [5.41, 5.74) is 6.60. The Morgan fingerprint density at radius 2 is 2.38 bits per heavy atom. The predicted octanol–water partition coefficient (Wildman–Crippen LogP) is 1.22. The van der Waals surface area contributed by atoms with Crippen LogP contribution in [0.15, 0.2) is 11.9 Å². The predicted molar refractivity (Wildman–Crippen MR) is 53.1 cm³/mol. The molecule has 72 valence electrons. The fourth-order valence-corrected chi connectivity index (χ4v) is 1.04. The van der Waals surface area contributed by atoms with E-state index in [4.69, 9.17) is 5.73 Å². The summed E-state index contributed by atoms with van der Waals surface area (Å²) < 4.78 is 1.87. The number of nitrogens with two attached hydrogens (primary N) is 1. The highest BCUT2D eigenvalue weighted by atomic mass is 15.3. The third-order valence-electron chi connectivity index (χ3n) is 1.79. The average molecular weight is 180 g/mol. The van der Waals surface area contributed by atoms with Crippen LogP contribution >= 0.6 is 0 Å². The van der Waals surface area contributed by atoms with Crippen LogP contribution in [0.3, 0.4) is 0 Å². The smallest absolute Gasteiger partial charge is 0.150 e.